The van der Waals surface area contributed by atoms with E-state index < -0.39 is 10.3 Å². The molecule has 3 rings (SSSR count). The van der Waals surface area contributed by atoms with Crippen LogP contribution in [0.15, 0.2) is 42.0 Å². The van der Waals surface area contributed by atoms with Crippen molar-refractivity contribution in [1.29, 1.82) is 0 Å². The average Bonchev–Trinajstić information content (AvgIpc) is 3.27. The fraction of sp³-hybridized carbons (Fsp3) is 0.318. The number of carboxylic acids is 1. The van der Waals surface area contributed by atoms with E-state index >= 15 is 0 Å². The van der Waals surface area contributed by atoms with E-state index in [2.05, 4.69) is 0 Å². The number of benzene rings is 2. The zero-order valence-electron chi connectivity index (χ0n) is 16.3. The Hall–Kier alpha value is -1.59. The molecule has 0 amide bonds. The molecule has 0 aromatic heterocycles. The normalized spacial score (nSPS) is 16.7. The molecule has 8 heteroatoms. The fourth-order valence-electron chi connectivity index (χ4n) is 3.02. The highest BCUT2D eigenvalue weighted by atomic mass is 35.5. The molecular formula is C22H20Cl4O4. The van der Waals surface area contributed by atoms with E-state index in [0.717, 1.165) is 5.56 Å². The Morgan fingerprint density at radius 2 is 1.70 bits per heavy atom. The van der Waals surface area contributed by atoms with Gasteiger partial charge in [-0.1, -0.05) is 53.0 Å². The molecule has 160 valence electrons. The maximum Gasteiger partial charge on any atom is 0.336 e. The quantitative estimate of drug-likeness (QED) is 0.319. The summed E-state index contributed by atoms with van der Waals surface area (Å²) in [7, 11) is 0. The highest BCUT2D eigenvalue weighted by Crippen LogP contribution is 2.53. The van der Waals surface area contributed by atoms with Gasteiger partial charge in [0.15, 0.2) is 0 Å². The maximum atomic E-state index is 11.7. The number of hydrogen-bond donors (Lipinski definition) is 1. The first kappa shape index (κ1) is 23.1. The number of carboxylic acid groups (broad SMARTS) is 1. The number of alkyl halides is 2. The molecule has 0 heterocycles. The molecule has 1 saturated carbocycles. The van der Waals surface area contributed by atoms with Crippen molar-refractivity contribution in [1.82, 2.24) is 0 Å². The van der Waals surface area contributed by atoms with Crippen LogP contribution in [0.2, 0.25) is 10.0 Å². The van der Waals surface area contributed by atoms with Crippen LogP contribution < -0.4 is 9.47 Å². The summed E-state index contributed by atoms with van der Waals surface area (Å²) in [4.78, 5) is 11.7. The van der Waals surface area contributed by atoms with Gasteiger partial charge in [-0.15, -0.1) is 23.2 Å². The third-order valence-electron chi connectivity index (χ3n) is 4.77. The van der Waals surface area contributed by atoms with Crippen LogP contribution in [0, 0.1) is 5.92 Å². The van der Waals surface area contributed by atoms with Crippen molar-refractivity contribution in [2.24, 2.45) is 5.92 Å². The number of halogens is 4. The van der Waals surface area contributed by atoms with E-state index in [-0.39, 0.29) is 18.1 Å². The SMILES string of the molecule is CC(C)=C(C(=O)O)c1ccccc1COc1cc(OCC2CC2(Cl)Cl)c(Cl)cc1Cl. The van der Waals surface area contributed by atoms with E-state index in [4.69, 9.17) is 55.9 Å². The number of hydrogen-bond acceptors (Lipinski definition) is 3. The molecule has 0 bridgehead atoms. The van der Waals surface area contributed by atoms with Crippen molar-refractivity contribution in [2.75, 3.05) is 6.61 Å². The first-order chi connectivity index (χ1) is 14.1. The molecule has 30 heavy (non-hydrogen) atoms. The number of ether oxygens (including phenoxy) is 2. The van der Waals surface area contributed by atoms with Crippen LogP contribution in [0.5, 0.6) is 11.5 Å². The third kappa shape index (κ3) is 5.36. The van der Waals surface area contributed by atoms with Crippen molar-refractivity contribution in [3.05, 3.63) is 63.1 Å². The van der Waals surface area contributed by atoms with Gasteiger partial charge in [0.2, 0.25) is 0 Å². The molecular weight excluding hydrogens is 470 g/mol. The smallest absolute Gasteiger partial charge is 0.336 e. The molecule has 1 unspecified atom stereocenters. The van der Waals surface area contributed by atoms with Crippen LogP contribution >= 0.6 is 46.4 Å². The van der Waals surface area contributed by atoms with Gasteiger partial charge in [-0.2, -0.15) is 0 Å². The Balaban J connectivity index is 1.79. The molecule has 0 aliphatic heterocycles. The lowest BCUT2D eigenvalue weighted by atomic mass is 9.97. The Morgan fingerprint density at radius 1 is 1.10 bits per heavy atom. The largest absolute Gasteiger partial charge is 0.491 e. The van der Waals surface area contributed by atoms with Gasteiger partial charge in [-0.05, 0) is 37.5 Å². The van der Waals surface area contributed by atoms with Crippen molar-refractivity contribution >= 4 is 57.9 Å². The molecule has 0 saturated heterocycles. The summed E-state index contributed by atoms with van der Waals surface area (Å²) in [5, 5.41) is 10.3. The molecule has 2 aromatic carbocycles. The monoisotopic (exact) mass is 488 g/mol. The second-order valence-corrected chi connectivity index (χ2v) is 9.67. The van der Waals surface area contributed by atoms with Gasteiger partial charge in [0.05, 0.1) is 22.2 Å². The first-order valence-electron chi connectivity index (χ1n) is 9.21. The lowest BCUT2D eigenvalue weighted by Crippen LogP contribution is -2.07. The average molecular weight is 490 g/mol. The predicted molar refractivity (Wildman–Crippen MR) is 121 cm³/mol. The second-order valence-electron chi connectivity index (χ2n) is 7.31. The highest BCUT2D eigenvalue weighted by Gasteiger charge is 2.52. The Kier molecular flexibility index (Phi) is 7.13. The van der Waals surface area contributed by atoms with E-state index in [0.29, 0.717) is 45.7 Å². The van der Waals surface area contributed by atoms with Crippen LogP contribution in [0.3, 0.4) is 0 Å². The molecule has 1 aliphatic carbocycles. The lowest BCUT2D eigenvalue weighted by molar-refractivity contribution is -0.130. The van der Waals surface area contributed by atoms with E-state index in [1.807, 2.05) is 12.1 Å². The van der Waals surface area contributed by atoms with Crippen LogP contribution in [-0.4, -0.2) is 22.0 Å². The van der Waals surface area contributed by atoms with Crippen LogP contribution in [-0.2, 0) is 11.4 Å². The van der Waals surface area contributed by atoms with Crippen LogP contribution in [0.4, 0.5) is 0 Å². The molecule has 0 radical (unpaired) electrons. The minimum absolute atomic E-state index is 0.0438. The minimum Gasteiger partial charge on any atom is -0.491 e. The number of rotatable bonds is 8. The van der Waals surface area contributed by atoms with Crippen LogP contribution in [0.1, 0.15) is 31.4 Å². The van der Waals surface area contributed by atoms with E-state index in [1.54, 1.807) is 38.1 Å². The Labute approximate surface area is 195 Å². The van der Waals surface area contributed by atoms with Gasteiger partial charge in [0.25, 0.3) is 0 Å². The Morgan fingerprint density at radius 3 is 2.27 bits per heavy atom. The molecule has 1 N–H and O–H groups in total. The lowest BCUT2D eigenvalue weighted by Gasteiger charge is -2.15. The summed E-state index contributed by atoms with van der Waals surface area (Å²) < 4.78 is 10.9. The van der Waals surface area contributed by atoms with Gasteiger partial charge in [-0.3, -0.25) is 0 Å². The van der Waals surface area contributed by atoms with Crippen molar-refractivity contribution in [2.45, 2.75) is 31.2 Å². The molecule has 1 fully saturated rings. The van der Waals surface area contributed by atoms with Crippen LogP contribution in [0.25, 0.3) is 5.57 Å². The van der Waals surface area contributed by atoms with Crippen molar-refractivity contribution in [3.63, 3.8) is 0 Å². The topological polar surface area (TPSA) is 55.8 Å². The summed E-state index contributed by atoms with van der Waals surface area (Å²) >= 11 is 24.6. The van der Waals surface area contributed by atoms with E-state index in [9.17, 15) is 9.90 Å². The highest BCUT2D eigenvalue weighted by molar-refractivity contribution is 6.50. The molecule has 1 atom stereocenters. The standard InChI is InChI=1S/C22H20Cl4O4/c1-12(2)20(21(27)28)15-6-4-3-5-13(15)10-29-18-8-19(17(24)7-16(18)23)30-11-14-9-22(14,25)26/h3-8,14H,9-11H2,1-2H3,(H,27,28). The number of carbonyl (C=O) groups is 1. The Bertz CT molecular complexity index is 997. The fourth-order valence-corrected chi connectivity index (χ4v) is 4.01. The van der Waals surface area contributed by atoms with Gasteiger partial charge in [0.1, 0.15) is 22.4 Å². The summed E-state index contributed by atoms with van der Waals surface area (Å²) in [6, 6.07) is 10.3. The van der Waals surface area contributed by atoms with Gasteiger partial charge in [0, 0.05) is 12.0 Å². The molecule has 2 aromatic rings. The minimum atomic E-state index is -0.989. The molecule has 4 nitrogen and oxygen atoms in total. The maximum absolute atomic E-state index is 11.7. The predicted octanol–water partition coefficient (Wildman–Crippen LogP) is 7.02. The van der Waals surface area contributed by atoms with Crippen molar-refractivity contribution < 1.29 is 19.4 Å². The summed E-state index contributed by atoms with van der Waals surface area (Å²) in [5.41, 5.74) is 2.26. The number of aliphatic carboxylic acids is 1. The van der Waals surface area contributed by atoms with Gasteiger partial charge >= 0.3 is 5.97 Å². The second kappa shape index (κ2) is 9.27. The third-order valence-corrected chi connectivity index (χ3v) is 6.28. The zero-order valence-corrected chi connectivity index (χ0v) is 19.4. The van der Waals surface area contributed by atoms with Gasteiger partial charge in [-0.25, -0.2) is 4.79 Å². The first-order valence-corrected chi connectivity index (χ1v) is 10.7. The summed E-state index contributed by atoms with van der Waals surface area (Å²) in [6.07, 6.45) is 0.664. The molecule has 1 aliphatic rings. The molecule has 0 spiro atoms. The summed E-state index contributed by atoms with van der Waals surface area (Å²) in [5.74, 6) is -0.158. The zero-order chi connectivity index (χ0) is 22.1. The van der Waals surface area contributed by atoms with Gasteiger partial charge < -0.3 is 14.6 Å². The number of allylic oxidation sites excluding steroid dienone is 1. The van der Waals surface area contributed by atoms with Crippen molar-refractivity contribution in [3.8, 4) is 11.5 Å². The van der Waals surface area contributed by atoms with E-state index in [1.165, 1.54) is 0 Å². The summed E-state index contributed by atoms with van der Waals surface area (Å²) in [6.45, 7) is 3.98.